The fraction of sp³-hybridized carbons (Fsp3) is 0.929. The molecule has 96 valence electrons. The number of fused-ring (bicyclic) bond motifs is 2. The standard InChI is InChI=1S/C14H23NOS/c1-9-8-17-12(16-9)15-14(4)11-6-5-10(7-11)13(14,2)3/h9-11H,5-8H2,1-4H3/t9-,10-,11+,14+/m0/s1. The minimum Gasteiger partial charge on any atom is -0.469 e. The van der Waals surface area contributed by atoms with Gasteiger partial charge in [-0.3, -0.25) is 0 Å². The maximum Gasteiger partial charge on any atom is 0.246 e. The smallest absolute Gasteiger partial charge is 0.246 e. The highest BCUT2D eigenvalue weighted by atomic mass is 32.2. The van der Waals surface area contributed by atoms with Gasteiger partial charge in [0, 0.05) is 5.75 Å². The number of hydrogen-bond donors (Lipinski definition) is 0. The molecule has 0 aromatic rings. The first kappa shape index (κ1) is 11.9. The van der Waals surface area contributed by atoms with Gasteiger partial charge in [0.25, 0.3) is 0 Å². The predicted molar refractivity (Wildman–Crippen MR) is 73.5 cm³/mol. The summed E-state index contributed by atoms with van der Waals surface area (Å²) in [5.41, 5.74) is 0.432. The van der Waals surface area contributed by atoms with Crippen molar-refractivity contribution in [2.45, 2.75) is 58.6 Å². The van der Waals surface area contributed by atoms with Crippen molar-refractivity contribution >= 4 is 17.0 Å². The van der Waals surface area contributed by atoms with E-state index in [-0.39, 0.29) is 5.54 Å². The third-order valence-electron chi connectivity index (χ3n) is 5.62. The van der Waals surface area contributed by atoms with Gasteiger partial charge < -0.3 is 4.74 Å². The van der Waals surface area contributed by atoms with Crippen LogP contribution in [0.25, 0.3) is 0 Å². The topological polar surface area (TPSA) is 21.6 Å². The summed E-state index contributed by atoms with van der Waals surface area (Å²) >= 11 is 1.79. The summed E-state index contributed by atoms with van der Waals surface area (Å²) in [5.74, 6) is 2.70. The van der Waals surface area contributed by atoms with E-state index in [1.807, 2.05) is 0 Å². The molecule has 1 saturated heterocycles. The van der Waals surface area contributed by atoms with Gasteiger partial charge >= 0.3 is 0 Å². The van der Waals surface area contributed by atoms with Gasteiger partial charge in [-0.1, -0.05) is 25.6 Å². The number of nitrogens with zero attached hydrogens (tertiary/aromatic N) is 1. The van der Waals surface area contributed by atoms with Crippen molar-refractivity contribution in [2.75, 3.05) is 5.75 Å². The van der Waals surface area contributed by atoms with Gasteiger partial charge in [0.2, 0.25) is 5.23 Å². The molecule has 2 bridgehead atoms. The van der Waals surface area contributed by atoms with E-state index in [2.05, 4.69) is 27.7 Å². The lowest BCUT2D eigenvalue weighted by molar-refractivity contribution is 0.100. The van der Waals surface area contributed by atoms with E-state index < -0.39 is 0 Å². The average Bonchev–Trinajstić information content (AvgIpc) is 2.88. The highest BCUT2D eigenvalue weighted by Gasteiger charge is 2.60. The number of rotatable bonds is 1. The first-order valence-corrected chi connectivity index (χ1v) is 7.81. The molecule has 1 aliphatic heterocycles. The van der Waals surface area contributed by atoms with E-state index in [1.54, 1.807) is 11.8 Å². The van der Waals surface area contributed by atoms with E-state index >= 15 is 0 Å². The van der Waals surface area contributed by atoms with E-state index in [4.69, 9.17) is 9.73 Å². The fourth-order valence-electron chi connectivity index (χ4n) is 4.00. The third kappa shape index (κ3) is 1.57. The number of aliphatic imine (C=N–C) groups is 1. The summed E-state index contributed by atoms with van der Waals surface area (Å²) in [5, 5.41) is 0.945. The van der Waals surface area contributed by atoms with Crippen molar-refractivity contribution in [3.63, 3.8) is 0 Å². The molecule has 4 atom stereocenters. The first-order valence-electron chi connectivity index (χ1n) is 6.83. The highest BCUT2D eigenvalue weighted by molar-refractivity contribution is 8.13. The molecular weight excluding hydrogens is 230 g/mol. The normalized spacial score (nSPS) is 49.9. The Hall–Kier alpha value is -0.180. The van der Waals surface area contributed by atoms with Crippen molar-refractivity contribution in [3.8, 4) is 0 Å². The first-order chi connectivity index (χ1) is 7.93. The molecule has 0 aromatic heterocycles. The SMILES string of the molecule is C[C@H]1CSC(=N[C@]2(C)[C@@H]3CC[C@@H](C3)C2(C)C)O1. The molecular formula is C14H23NOS. The van der Waals surface area contributed by atoms with Crippen LogP contribution in [-0.2, 0) is 4.74 Å². The monoisotopic (exact) mass is 253 g/mol. The van der Waals surface area contributed by atoms with Crippen LogP contribution < -0.4 is 0 Å². The maximum atomic E-state index is 5.80. The van der Waals surface area contributed by atoms with Crippen molar-refractivity contribution in [1.82, 2.24) is 0 Å². The molecule has 0 spiro atoms. The van der Waals surface area contributed by atoms with E-state index in [0.717, 1.165) is 22.8 Å². The molecule has 2 nitrogen and oxygen atoms in total. The Balaban J connectivity index is 1.91. The van der Waals surface area contributed by atoms with Crippen LogP contribution in [0.3, 0.4) is 0 Å². The molecule has 3 rings (SSSR count). The number of ether oxygens (including phenoxy) is 1. The second kappa shape index (κ2) is 3.66. The van der Waals surface area contributed by atoms with Gasteiger partial charge in [-0.25, -0.2) is 4.99 Å². The van der Waals surface area contributed by atoms with Crippen molar-refractivity contribution in [2.24, 2.45) is 22.2 Å². The largest absolute Gasteiger partial charge is 0.469 e. The van der Waals surface area contributed by atoms with Crippen LogP contribution >= 0.6 is 11.8 Å². The predicted octanol–water partition coefficient (Wildman–Crippen LogP) is 3.71. The van der Waals surface area contributed by atoms with Crippen molar-refractivity contribution in [3.05, 3.63) is 0 Å². The molecule has 3 fully saturated rings. The van der Waals surface area contributed by atoms with E-state index in [9.17, 15) is 0 Å². The Labute approximate surface area is 109 Å². The molecule has 0 amide bonds. The fourth-order valence-corrected chi connectivity index (χ4v) is 4.93. The summed E-state index contributed by atoms with van der Waals surface area (Å²) in [6.45, 7) is 9.30. The Kier molecular flexibility index (Phi) is 2.56. The lowest BCUT2D eigenvalue weighted by Crippen LogP contribution is -2.45. The van der Waals surface area contributed by atoms with Gasteiger partial charge in [0.05, 0.1) is 5.54 Å². The Morgan fingerprint density at radius 3 is 2.47 bits per heavy atom. The maximum absolute atomic E-state index is 5.80. The zero-order valence-corrected chi connectivity index (χ0v) is 12.1. The van der Waals surface area contributed by atoms with Crippen LogP contribution in [0, 0.1) is 17.3 Å². The third-order valence-corrected chi connectivity index (χ3v) is 6.69. The van der Waals surface area contributed by atoms with E-state index in [0.29, 0.717) is 11.5 Å². The highest BCUT2D eigenvalue weighted by Crippen LogP contribution is 2.63. The van der Waals surface area contributed by atoms with Gasteiger partial charge in [-0.05, 0) is 50.4 Å². The average molecular weight is 253 g/mol. The van der Waals surface area contributed by atoms with Crippen molar-refractivity contribution in [1.29, 1.82) is 0 Å². The molecule has 0 N–H and O–H groups in total. The number of hydrogen-bond acceptors (Lipinski definition) is 3. The van der Waals surface area contributed by atoms with E-state index in [1.165, 1.54) is 19.3 Å². The lowest BCUT2D eigenvalue weighted by atomic mass is 9.64. The Morgan fingerprint density at radius 2 is 1.94 bits per heavy atom. The molecule has 1 heterocycles. The quantitative estimate of drug-likeness (QED) is 0.710. The summed E-state index contributed by atoms with van der Waals surface area (Å²) in [4.78, 5) is 5.05. The second-order valence-electron chi connectivity index (χ2n) is 6.69. The Bertz CT molecular complexity index is 365. The van der Waals surface area contributed by atoms with Crippen LogP contribution in [0.1, 0.15) is 47.0 Å². The summed E-state index contributed by atoms with van der Waals surface area (Å²) in [6.07, 6.45) is 4.48. The molecule has 3 aliphatic rings. The minimum atomic E-state index is 0.0995. The summed E-state index contributed by atoms with van der Waals surface area (Å²) < 4.78 is 5.80. The molecule has 2 aliphatic carbocycles. The van der Waals surface area contributed by atoms with Crippen LogP contribution in [0.5, 0.6) is 0 Å². The molecule has 17 heavy (non-hydrogen) atoms. The lowest BCUT2D eigenvalue weighted by Gasteiger charge is -2.44. The van der Waals surface area contributed by atoms with Crippen molar-refractivity contribution < 1.29 is 4.74 Å². The zero-order chi connectivity index (χ0) is 12.3. The number of thioether (sulfide) groups is 1. The van der Waals surface area contributed by atoms with Crippen LogP contribution in [0.4, 0.5) is 0 Å². The van der Waals surface area contributed by atoms with Crippen LogP contribution in [0.15, 0.2) is 4.99 Å². The summed E-state index contributed by atoms with van der Waals surface area (Å²) in [7, 11) is 0. The minimum absolute atomic E-state index is 0.0995. The van der Waals surface area contributed by atoms with Gasteiger partial charge in [0.15, 0.2) is 0 Å². The van der Waals surface area contributed by atoms with Crippen LogP contribution in [0.2, 0.25) is 0 Å². The van der Waals surface area contributed by atoms with Crippen LogP contribution in [-0.4, -0.2) is 22.6 Å². The molecule has 0 radical (unpaired) electrons. The molecule has 2 saturated carbocycles. The van der Waals surface area contributed by atoms with Gasteiger partial charge in [0.1, 0.15) is 6.10 Å². The second-order valence-corrected chi connectivity index (χ2v) is 7.66. The van der Waals surface area contributed by atoms with Gasteiger partial charge in [-0.15, -0.1) is 0 Å². The molecule has 0 aromatic carbocycles. The Morgan fingerprint density at radius 1 is 1.24 bits per heavy atom. The molecule has 3 heteroatoms. The van der Waals surface area contributed by atoms with Gasteiger partial charge in [-0.2, -0.15) is 0 Å². The zero-order valence-electron chi connectivity index (χ0n) is 11.3. The molecule has 0 unspecified atom stereocenters. The summed E-state index contributed by atoms with van der Waals surface area (Å²) in [6, 6.07) is 0.